The Hall–Kier alpha value is -1.85. The molecule has 0 fully saturated rings. The second-order valence-corrected chi connectivity index (χ2v) is 3.43. The zero-order chi connectivity index (χ0) is 13.1. The first-order chi connectivity index (χ1) is 7.80. The van der Waals surface area contributed by atoms with Gasteiger partial charge in [-0.25, -0.2) is 4.79 Å². The van der Waals surface area contributed by atoms with Gasteiger partial charge in [0.2, 0.25) is 5.78 Å². The van der Waals surface area contributed by atoms with E-state index in [9.17, 15) is 22.8 Å². The third kappa shape index (κ3) is 3.90. The van der Waals surface area contributed by atoms with Gasteiger partial charge in [0.25, 0.3) is 0 Å². The molecule has 0 unspecified atom stereocenters. The van der Waals surface area contributed by atoms with E-state index in [1.54, 1.807) is 0 Å². The first-order valence-corrected chi connectivity index (χ1v) is 4.73. The molecule has 17 heavy (non-hydrogen) atoms. The van der Waals surface area contributed by atoms with Crippen LogP contribution in [0.5, 0.6) is 0 Å². The SMILES string of the molecule is O=C(O)C(=O)CCc1cccc(C(F)(F)F)c1. The molecular formula is C11H9F3O3. The molecule has 0 aromatic heterocycles. The summed E-state index contributed by atoms with van der Waals surface area (Å²) in [5.74, 6) is -2.58. The van der Waals surface area contributed by atoms with E-state index in [0.29, 0.717) is 0 Å². The van der Waals surface area contributed by atoms with Crippen molar-refractivity contribution in [3.63, 3.8) is 0 Å². The summed E-state index contributed by atoms with van der Waals surface area (Å²) in [6.07, 6.45) is -4.77. The molecule has 0 amide bonds. The number of ketones is 1. The number of halogens is 3. The Kier molecular flexibility index (Phi) is 3.88. The maximum absolute atomic E-state index is 12.3. The molecule has 3 nitrogen and oxygen atoms in total. The van der Waals surface area contributed by atoms with Crippen LogP contribution in [0, 0.1) is 0 Å². The topological polar surface area (TPSA) is 54.4 Å². The Labute approximate surface area is 94.9 Å². The number of carboxylic acids is 1. The number of alkyl halides is 3. The van der Waals surface area contributed by atoms with Crippen molar-refractivity contribution in [2.45, 2.75) is 19.0 Å². The quantitative estimate of drug-likeness (QED) is 0.829. The molecule has 1 N–H and O–H groups in total. The smallest absolute Gasteiger partial charge is 0.416 e. The van der Waals surface area contributed by atoms with E-state index in [1.807, 2.05) is 0 Å². The highest BCUT2D eigenvalue weighted by molar-refractivity contribution is 6.32. The molecule has 92 valence electrons. The van der Waals surface area contributed by atoms with Gasteiger partial charge in [0, 0.05) is 6.42 Å². The summed E-state index contributed by atoms with van der Waals surface area (Å²) in [5.41, 5.74) is -0.521. The lowest BCUT2D eigenvalue weighted by Gasteiger charge is -2.07. The van der Waals surface area contributed by atoms with E-state index in [0.717, 1.165) is 12.1 Å². The van der Waals surface area contributed by atoms with E-state index in [1.165, 1.54) is 12.1 Å². The van der Waals surface area contributed by atoms with Crippen molar-refractivity contribution in [3.8, 4) is 0 Å². The van der Waals surface area contributed by atoms with E-state index in [2.05, 4.69) is 0 Å². The number of benzene rings is 1. The molecule has 0 aliphatic rings. The minimum absolute atomic E-state index is 0.0188. The van der Waals surface area contributed by atoms with Crippen molar-refractivity contribution < 1.29 is 27.9 Å². The van der Waals surface area contributed by atoms with Gasteiger partial charge >= 0.3 is 12.1 Å². The first kappa shape index (κ1) is 13.2. The highest BCUT2D eigenvalue weighted by Crippen LogP contribution is 2.29. The summed E-state index contributed by atoms with van der Waals surface area (Å²) in [7, 11) is 0. The van der Waals surface area contributed by atoms with Gasteiger partial charge in [0.1, 0.15) is 0 Å². The second kappa shape index (κ2) is 4.99. The molecule has 0 spiro atoms. The predicted molar refractivity (Wildman–Crippen MR) is 52.4 cm³/mol. The molecule has 1 rings (SSSR count). The number of aryl methyl sites for hydroxylation is 1. The average molecular weight is 246 g/mol. The summed E-state index contributed by atoms with van der Waals surface area (Å²) >= 11 is 0. The number of carbonyl (C=O) groups is 2. The maximum Gasteiger partial charge on any atom is 0.416 e. The van der Waals surface area contributed by atoms with Crippen LogP contribution in [0.3, 0.4) is 0 Å². The van der Waals surface area contributed by atoms with Crippen molar-refractivity contribution in [1.82, 2.24) is 0 Å². The summed E-state index contributed by atoms with van der Waals surface area (Å²) in [6, 6.07) is 4.48. The molecule has 1 aromatic carbocycles. The van der Waals surface area contributed by atoms with Crippen molar-refractivity contribution in [2.24, 2.45) is 0 Å². The third-order valence-electron chi connectivity index (χ3n) is 2.13. The van der Waals surface area contributed by atoms with Gasteiger partial charge in [-0.1, -0.05) is 18.2 Å². The van der Waals surface area contributed by atoms with Crippen LogP contribution in [0.1, 0.15) is 17.5 Å². The molecule has 0 bridgehead atoms. The molecule has 0 aliphatic heterocycles. The zero-order valence-electron chi connectivity index (χ0n) is 8.62. The minimum Gasteiger partial charge on any atom is -0.476 e. The Morgan fingerprint density at radius 1 is 1.24 bits per heavy atom. The molecule has 0 radical (unpaired) electrons. The lowest BCUT2D eigenvalue weighted by molar-refractivity contribution is -0.149. The number of hydrogen-bond donors (Lipinski definition) is 1. The van der Waals surface area contributed by atoms with Gasteiger partial charge in [-0.05, 0) is 18.1 Å². The van der Waals surface area contributed by atoms with E-state index in [4.69, 9.17) is 5.11 Å². The summed E-state index contributed by atoms with van der Waals surface area (Å²) in [4.78, 5) is 21.0. The Balaban J connectivity index is 2.73. The second-order valence-electron chi connectivity index (χ2n) is 3.43. The Morgan fingerprint density at radius 2 is 1.88 bits per heavy atom. The number of rotatable bonds is 4. The summed E-state index contributed by atoms with van der Waals surface area (Å²) in [5, 5.41) is 8.31. The maximum atomic E-state index is 12.3. The number of carboxylic acid groups (broad SMARTS) is 1. The lowest BCUT2D eigenvalue weighted by Crippen LogP contribution is -2.13. The van der Waals surface area contributed by atoms with Crippen LogP contribution in [0.25, 0.3) is 0 Å². The normalized spacial score (nSPS) is 11.2. The van der Waals surface area contributed by atoms with Crippen LogP contribution >= 0.6 is 0 Å². The molecule has 0 aliphatic carbocycles. The summed E-state index contributed by atoms with van der Waals surface area (Å²) in [6.45, 7) is 0. The molecule has 0 saturated heterocycles. The fraction of sp³-hybridized carbons (Fsp3) is 0.273. The highest BCUT2D eigenvalue weighted by atomic mass is 19.4. The average Bonchev–Trinajstić information content (AvgIpc) is 2.25. The van der Waals surface area contributed by atoms with Gasteiger partial charge < -0.3 is 5.11 Å². The number of Topliss-reactive ketones (excluding diaryl/α,β-unsaturated/α-hetero) is 1. The van der Waals surface area contributed by atoms with Crippen LogP contribution in [-0.2, 0) is 22.2 Å². The van der Waals surface area contributed by atoms with Gasteiger partial charge in [-0.3, -0.25) is 4.79 Å². The highest BCUT2D eigenvalue weighted by Gasteiger charge is 2.30. The van der Waals surface area contributed by atoms with E-state index >= 15 is 0 Å². The van der Waals surface area contributed by atoms with Crippen LogP contribution in [0.2, 0.25) is 0 Å². The van der Waals surface area contributed by atoms with Gasteiger partial charge in [0.05, 0.1) is 5.56 Å². The van der Waals surface area contributed by atoms with Gasteiger partial charge in [-0.15, -0.1) is 0 Å². The number of aliphatic carboxylic acids is 1. The fourth-order valence-corrected chi connectivity index (χ4v) is 1.27. The monoisotopic (exact) mass is 246 g/mol. The molecule has 0 atom stereocenters. The molecular weight excluding hydrogens is 237 g/mol. The van der Waals surface area contributed by atoms with Crippen LogP contribution in [-0.4, -0.2) is 16.9 Å². The van der Waals surface area contributed by atoms with Crippen molar-refractivity contribution in [2.75, 3.05) is 0 Å². The van der Waals surface area contributed by atoms with Crippen molar-refractivity contribution in [1.29, 1.82) is 0 Å². The zero-order valence-corrected chi connectivity index (χ0v) is 8.62. The number of carbonyl (C=O) groups excluding carboxylic acids is 1. The number of hydrogen-bond acceptors (Lipinski definition) is 2. The largest absolute Gasteiger partial charge is 0.476 e. The van der Waals surface area contributed by atoms with Crippen LogP contribution in [0.15, 0.2) is 24.3 Å². The van der Waals surface area contributed by atoms with Crippen molar-refractivity contribution >= 4 is 11.8 Å². The molecule has 1 aromatic rings. The first-order valence-electron chi connectivity index (χ1n) is 4.73. The van der Waals surface area contributed by atoms with E-state index in [-0.39, 0.29) is 18.4 Å². The van der Waals surface area contributed by atoms with Gasteiger partial charge in [0.15, 0.2) is 0 Å². The Morgan fingerprint density at radius 3 is 2.41 bits per heavy atom. The summed E-state index contributed by atoms with van der Waals surface area (Å²) < 4.78 is 37.0. The third-order valence-corrected chi connectivity index (χ3v) is 2.13. The minimum atomic E-state index is -4.44. The fourth-order valence-electron chi connectivity index (χ4n) is 1.27. The van der Waals surface area contributed by atoms with E-state index < -0.39 is 23.5 Å². The van der Waals surface area contributed by atoms with Crippen molar-refractivity contribution in [3.05, 3.63) is 35.4 Å². The van der Waals surface area contributed by atoms with Gasteiger partial charge in [-0.2, -0.15) is 13.2 Å². The molecule has 0 saturated carbocycles. The predicted octanol–water partition coefficient (Wildman–Crippen LogP) is 2.29. The van der Waals surface area contributed by atoms with Crippen LogP contribution in [0.4, 0.5) is 13.2 Å². The molecule has 6 heteroatoms. The Bertz CT molecular complexity index is 438. The lowest BCUT2D eigenvalue weighted by atomic mass is 10.0. The van der Waals surface area contributed by atoms with Crippen LogP contribution < -0.4 is 0 Å². The standard InChI is InChI=1S/C11H9F3O3/c12-11(13,14)8-3-1-2-7(6-8)4-5-9(15)10(16)17/h1-3,6H,4-5H2,(H,16,17). The molecule has 0 heterocycles.